The molecule has 7 nitrogen and oxygen atoms in total. The number of amides is 1. The first-order valence-electron chi connectivity index (χ1n) is 8.02. The molecule has 0 unspecified atom stereocenters. The molecule has 1 fully saturated rings. The summed E-state index contributed by atoms with van der Waals surface area (Å²) in [5.74, 6) is -0.0968. The predicted molar refractivity (Wildman–Crippen MR) is 86.3 cm³/mol. The molecule has 124 valence electrons. The van der Waals surface area contributed by atoms with E-state index in [1.54, 1.807) is 31.0 Å². The van der Waals surface area contributed by atoms with Gasteiger partial charge in [0.2, 0.25) is 0 Å². The number of aliphatic hydroxyl groups excluding tert-OH is 1. The molecule has 3 heterocycles. The summed E-state index contributed by atoms with van der Waals surface area (Å²) in [4.78, 5) is 20.4. The molecule has 1 atom stereocenters. The Morgan fingerprint density at radius 2 is 2.26 bits per heavy atom. The van der Waals surface area contributed by atoms with Crippen molar-refractivity contribution in [3.05, 3.63) is 29.7 Å². The molecule has 0 aliphatic carbocycles. The Labute approximate surface area is 135 Å². The number of carbonyl (C=O) groups is 1. The molecule has 1 aliphatic rings. The lowest BCUT2D eigenvalue weighted by Crippen LogP contribution is -2.36. The average molecular weight is 317 g/mol. The fraction of sp³-hybridized carbons (Fsp3) is 0.562. The zero-order valence-electron chi connectivity index (χ0n) is 13.6. The molecule has 1 saturated heterocycles. The maximum Gasteiger partial charge on any atom is 0.258 e. The highest BCUT2D eigenvalue weighted by atomic mass is 16.3. The smallest absolute Gasteiger partial charge is 0.258 e. The van der Waals surface area contributed by atoms with Crippen molar-refractivity contribution in [2.24, 2.45) is 0 Å². The Morgan fingerprint density at radius 3 is 3.00 bits per heavy atom. The van der Waals surface area contributed by atoms with Gasteiger partial charge in [0.25, 0.3) is 5.91 Å². The van der Waals surface area contributed by atoms with Crippen molar-refractivity contribution in [1.29, 1.82) is 0 Å². The van der Waals surface area contributed by atoms with Crippen LogP contribution in [0.4, 0.5) is 0 Å². The van der Waals surface area contributed by atoms with Crippen molar-refractivity contribution in [2.75, 3.05) is 33.8 Å². The van der Waals surface area contributed by atoms with Crippen molar-refractivity contribution in [3.63, 3.8) is 0 Å². The fourth-order valence-corrected chi connectivity index (χ4v) is 3.28. The van der Waals surface area contributed by atoms with Crippen molar-refractivity contribution in [3.8, 4) is 0 Å². The minimum absolute atomic E-state index is 0.0968. The fourth-order valence-electron chi connectivity index (χ4n) is 3.28. The van der Waals surface area contributed by atoms with E-state index in [-0.39, 0.29) is 18.6 Å². The van der Waals surface area contributed by atoms with Crippen LogP contribution in [0.25, 0.3) is 5.65 Å². The van der Waals surface area contributed by atoms with Crippen LogP contribution in [0.3, 0.4) is 0 Å². The number of nitrogens with zero attached hydrogens (tertiary/aromatic N) is 5. The second-order valence-electron chi connectivity index (χ2n) is 6.13. The number of hydrogen-bond acceptors (Lipinski definition) is 5. The molecule has 23 heavy (non-hydrogen) atoms. The van der Waals surface area contributed by atoms with Crippen LogP contribution in [-0.2, 0) is 0 Å². The number of aromatic nitrogens is 3. The van der Waals surface area contributed by atoms with Crippen molar-refractivity contribution >= 4 is 11.6 Å². The molecular formula is C16H23N5O2. The molecule has 0 spiro atoms. The van der Waals surface area contributed by atoms with Gasteiger partial charge in [0, 0.05) is 26.8 Å². The van der Waals surface area contributed by atoms with Gasteiger partial charge in [-0.05, 0) is 25.5 Å². The summed E-state index contributed by atoms with van der Waals surface area (Å²) in [6.45, 7) is 1.77. The Morgan fingerprint density at radius 1 is 1.43 bits per heavy atom. The van der Waals surface area contributed by atoms with Crippen LogP contribution >= 0.6 is 0 Å². The maximum atomic E-state index is 12.3. The molecule has 0 saturated carbocycles. The molecule has 2 aromatic heterocycles. The molecule has 7 heteroatoms. The molecule has 1 amide bonds. The standard InChI is InChI=1S/C16H23N5O2/c1-19(2)16(23)12-11-18-21-14(6-7-17-15(12)21)13-5-3-4-8-20(13)9-10-22/h6-7,11,13,22H,3-5,8-10H2,1-2H3/t13-/m0/s1. The summed E-state index contributed by atoms with van der Waals surface area (Å²) in [5, 5.41) is 13.7. The monoisotopic (exact) mass is 317 g/mol. The van der Waals surface area contributed by atoms with Crippen LogP contribution in [-0.4, -0.2) is 69.2 Å². The number of likely N-dealkylation sites (tertiary alicyclic amines) is 1. The first-order valence-corrected chi connectivity index (χ1v) is 8.02. The lowest BCUT2D eigenvalue weighted by atomic mass is 9.99. The highest BCUT2D eigenvalue weighted by molar-refractivity contribution is 5.99. The van der Waals surface area contributed by atoms with Gasteiger partial charge in [0.15, 0.2) is 5.65 Å². The predicted octanol–water partition coefficient (Wildman–Crippen LogP) is 0.950. The van der Waals surface area contributed by atoms with Crippen LogP contribution in [0.5, 0.6) is 0 Å². The summed E-state index contributed by atoms with van der Waals surface area (Å²) < 4.78 is 1.77. The normalized spacial score (nSPS) is 19.2. The summed E-state index contributed by atoms with van der Waals surface area (Å²) >= 11 is 0. The number of fused-ring (bicyclic) bond motifs is 1. The molecular weight excluding hydrogens is 294 g/mol. The number of hydrogen-bond donors (Lipinski definition) is 1. The van der Waals surface area contributed by atoms with Gasteiger partial charge >= 0.3 is 0 Å². The van der Waals surface area contributed by atoms with E-state index in [1.165, 1.54) is 4.90 Å². The third-order valence-electron chi connectivity index (χ3n) is 4.41. The maximum absolute atomic E-state index is 12.3. The van der Waals surface area contributed by atoms with E-state index >= 15 is 0 Å². The number of carbonyl (C=O) groups excluding carboxylic acids is 1. The first kappa shape index (κ1) is 15.9. The summed E-state index contributed by atoms with van der Waals surface area (Å²) in [6, 6.07) is 2.16. The van der Waals surface area contributed by atoms with E-state index in [0.717, 1.165) is 31.5 Å². The average Bonchev–Trinajstić information content (AvgIpc) is 2.99. The topological polar surface area (TPSA) is 74.0 Å². The Kier molecular flexibility index (Phi) is 4.58. The Hall–Kier alpha value is -1.99. The zero-order valence-corrected chi connectivity index (χ0v) is 13.6. The van der Waals surface area contributed by atoms with E-state index in [4.69, 9.17) is 0 Å². The third-order valence-corrected chi connectivity index (χ3v) is 4.41. The highest BCUT2D eigenvalue weighted by Crippen LogP contribution is 2.30. The second-order valence-corrected chi connectivity index (χ2v) is 6.13. The van der Waals surface area contributed by atoms with Crippen LogP contribution in [0.15, 0.2) is 18.5 Å². The van der Waals surface area contributed by atoms with Gasteiger partial charge in [0.1, 0.15) is 5.56 Å². The van der Waals surface area contributed by atoms with Crippen molar-refractivity contribution in [1.82, 2.24) is 24.4 Å². The van der Waals surface area contributed by atoms with Crippen molar-refractivity contribution < 1.29 is 9.90 Å². The van der Waals surface area contributed by atoms with Gasteiger partial charge in [-0.25, -0.2) is 9.50 Å². The SMILES string of the molecule is CN(C)C(=O)c1cnn2c([C@@H]3CCCCN3CCO)ccnc12. The summed E-state index contributed by atoms with van der Waals surface area (Å²) in [5.41, 5.74) is 2.14. The largest absolute Gasteiger partial charge is 0.395 e. The van der Waals surface area contributed by atoms with E-state index < -0.39 is 0 Å². The molecule has 1 N–H and O–H groups in total. The molecule has 0 bridgehead atoms. The highest BCUT2D eigenvalue weighted by Gasteiger charge is 2.27. The van der Waals surface area contributed by atoms with Crippen LogP contribution in [0, 0.1) is 0 Å². The molecule has 1 aliphatic heterocycles. The molecule has 0 radical (unpaired) electrons. The van der Waals surface area contributed by atoms with E-state index in [1.807, 2.05) is 6.07 Å². The minimum Gasteiger partial charge on any atom is -0.395 e. The number of β-amino-alcohol motifs (C(OH)–C–C–N with tert-alkyl or cyclic N) is 1. The van der Waals surface area contributed by atoms with Gasteiger partial charge in [-0.3, -0.25) is 9.69 Å². The Bertz CT molecular complexity index is 695. The van der Waals surface area contributed by atoms with Gasteiger partial charge in [-0.15, -0.1) is 0 Å². The summed E-state index contributed by atoms with van der Waals surface area (Å²) in [7, 11) is 3.44. The second kappa shape index (κ2) is 6.64. The van der Waals surface area contributed by atoms with Crippen molar-refractivity contribution in [2.45, 2.75) is 25.3 Å². The van der Waals surface area contributed by atoms with E-state index in [9.17, 15) is 9.90 Å². The van der Waals surface area contributed by atoms with Gasteiger partial charge in [0.05, 0.1) is 24.5 Å². The molecule has 3 rings (SSSR count). The quantitative estimate of drug-likeness (QED) is 0.909. The summed E-state index contributed by atoms with van der Waals surface area (Å²) in [6.07, 6.45) is 6.66. The van der Waals surface area contributed by atoms with Gasteiger partial charge < -0.3 is 10.0 Å². The van der Waals surface area contributed by atoms with Crippen LogP contribution < -0.4 is 0 Å². The first-order chi connectivity index (χ1) is 11.1. The van der Waals surface area contributed by atoms with E-state index in [0.29, 0.717) is 17.8 Å². The molecule has 0 aromatic carbocycles. The van der Waals surface area contributed by atoms with Crippen LogP contribution in [0.1, 0.15) is 41.4 Å². The third kappa shape index (κ3) is 2.94. The zero-order chi connectivity index (χ0) is 16.4. The van der Waals surface area contributed by atoms with Gasteiger partial charge in [-0.1, -0.05) is 6.42 Å². The van der Waals surface area contributed by atoms with Crippen LogP contribution in [0.2, 0.25) is 0 Å². The Balaban J connectivity index is 2.03. The van der Waals surface area contributed by atoms with E-state index in [2.05, 4.69) is 15.0 Å². The lowest BCUT2D eigenvalue weighted by Gasteiger charge is -2.35. The number of piperidine rings is 1. The number of rotatable bonds is 4. The molecule has 2 aromatic rings. The minimum atomic E-state index is -0.0968. The number of aliphatic hydroxyl groups is 1. The lowest BCUT2D eigenvalue weighted by molar-refractivity contribution is 0.0829. The van der Waals surface area contributed by atoms with Gasteiger partial charge in [-0.2, -0.15) is 5.10 Å².